The van der Waals surface area contributed by atoms with Crippen molar-refractivity contribution in [2.24, 2.45) is 5.41 Å². The minimum Gasteiger partial charge on any atom is -0.358 e. The normalized spacial score (nSPS) is 38.2. The molecule has 2 atom stereocenters. The molecule has 1 heterocycles. The molecule has 1 saturated heterocycles. The van der Waals surface area contributed by atoms with Gasteiger partial charge in [0.05, 0.1) is 6.10 Å². The van der Waals surface area contributed by atoms with Gasteiger partial charge in [0, 0.05) is 5.41 Å². The molecule has 2 rings (SSSR count). The summed E-state index contributed by atoms with van der Waals surface area (Å²) in [5, 5.41) is 0. The van der Waals surface area contributed by atoms with E-state index in [0.717, 1.165) is 19.3 Å². The quantitative estimate of drug-likeness (QED) is 0.582. The number of carbonyl (C=O) groups is 1. The molecule has 74 valence electrons. The molecule has 2 aliphatic rings. The number of hydrogen-bond donors (Lipinski definition) is 0. The molecule has 1 aliphatic heterocycles. The van der Waals surface area contributed by atoms with Crippen LogP contribution in [0.2, 0.25) is 0 Å². The van der Waals surface area contributed by atoms with E-state index in [4.69, 9.17) is 4.74 Å². The van der Waals surface area contributed by atoms with E-state index in [9.17, 15) is 4.79 Å². The molecule has 0 radical (unpaired) electrons. The maximum atomic E-state index is 12.1. The summed E-state index contributed by atoms with van der Waals surface area (Å²) < 4.78 is 5.60. The highest BCUT2D eigenvalue weighted by Gasteiger charge is 2.64. The molecule has 0 aromatic heterocycles. The lowest BCUT2D eigenvalue weighted by Gasteiger charge is -2.24. The van der Waals surface area contributed by atoms with Gasteiger partial charge in [-0.05, 0) is 19.3 Å². The van der Waals surface area contributed by atoms with Crippen molar-refractivity contribution in [3.63, 3.8) is 0 Å². The number of fused-ring (bicyclic) bond motifs is 1. The highest BCUT2D eigenvalue weighted by molar-refractivity contribution is 5.94. The predicted molar refractivity (Wildman–Crippen MR) is 50.5 cm³/mol. The fourth-order valence-electron chi connectivity index (χ4n) is 2.40. The molecule has 13 heavy (non-hydrogen) atoms. The molecule has 1 saturated carbocycles. The Morgan fingerprint density at radius 3 is 2.62 bits per heavy atom. The van der Waals surface area contributed by atoms with Gasteiger partial charge in [0.1, 0.15) is 0 Å². The Hall–Kier alpha value is -0.370. The molecule has 0 spiro atoms. The third-order valence-electron chi connectivity index (χ3n) is 3.15. The summed E-state index contributed by atoms with van der Waals surface area (Å²) in [4.78, 5) is 12.1. The molecule has 2 nitrogen and oxygen atoms in total. The van der Waals surface area contributed by atoms with Gasteiger partial charge in [-0.1, -0.05) is 27.2 Å². The molecule has 1 aliphatic carbocycles. The van der Waals surface area contributed by atoms with Crippen molar-refractivity contribution in [3.8, 4) is 0 Å². The molecule has 0 bridgehead atoms. The van der Waals surface area contributed by atoms with Gasteiger partial charge >= 0.3 is 0 Å². The number of ether oxygens (including phenoxy) is 1. The summed E-state index contributed by atoms with van der Waals surface area (Å²) in [7, 11) is 0. The van der Waals surface area contributed by atoms with E-state index in [-0.39, 0.29) is 17.1 Å². The van der Waals surface area contributed by atoms with E-state index in [1.54, 1.807) is 0 Å². The van der Waals surface area contributed by atoms with E-state index < -0.39 is 0 Å². The first-order valence-corrected chi connectivity index (χ1v) is 5.19. The standard InChI is InChI=1S/C11H18O2/c1-10(2,3)9(12)11-7-5-4-6-8(11)13-11/h8H,4-7H2,1-3H3. The van der Waals surface area contributed by atoms with Gasteiger partial charge in [-0.25, -0.2) is 0 Å². The lowest BCUT2D eigenvalue weighted by Crippen LogP contribution is -2.38. The molecule has 0 amide bonds. The average molecular weight is 182 g/mol. The van der Waals surface area contributed by atoms with Gasteiger partial charge in [-0.3, -0.25) is 4.79 Å². The SMILES string of the molecule is CC(C)(C)C(=O)C12CCCCC1O2. The molecule has 2 unspecified atom stereocenters. The second-order valence-corrected chi connectivity index (χ2v) is 5.32. The third-order valence-corrected chi connectivity index (χ3v) is 3.15. The molecule has 0 aromatic rings. The van der Waals surface area contributed by atoms with Crippen molar-refractivity contribution >= 4 is 5.78 Å². The summed E-state index contributed by atoms with van der Waals surface area (Å²) in [6.45, 7) is 5.95. The van der Waals surface area contributed by atoms with Crippen LogP contribution in [0.3, 0.4) is 0 Å². The van der Waals surface area contributed by atoms with Gasteiger partial charge in [0.2, 0.25) is 0 Å². The van der Waals surface area contributed by atoms with Crippen LogP contribution in [0.4, 0.5) is 0 Å². The van der Waals surface area contributed by atoms with Crippen LogP contribution in [0.1, 0.15) is 46.5 Å². The fraction of sp³-hybridized carbons (Fsp3) is 0.909. The van der Waals surface area contributed by atoms with Gasteiger partial charge in [-0.15, -0.1) is 0 Å². The topological polar surface area (TPSA) is 29.6 Å². The molecule has 2 heteroatoms. The molecule has 0 N–H and O–H groups in total. The molecular weight excluding hydrogens is 164 g/mol. The van der Waals surface area contributed by atoms with E-state index in [0.29, 0.717) is 5.78 Å². The number of rotatable bonds is 1. The van der Waals surface area contributed by atoms with Crippen LogP contribution in [0.25, 0.3) is 0 Å². The molecule has 2 fully saturated rings. The van der Waals surface area contributed by atoms with Gasteiger partial charge in [-0.2, -0.15) is 0 Å². The minimum atomic E-state index is -0.351. The Morgan fingerprint density at radius 1 is 1.38 bits per heavy atom. The first-order valence-electron chi connectivity index (χ1n) is 5.19. The van der Waals surface area contributed by atoms with E-state index in [1.165, 1.54) is 6.42 Å². The fourth-order valence-corrected chi connectivity index (χ4v) is 2.40. The van der Waals surface area contributed by atoms with Crippen LogP contribution in [0.15, 0.2) is 0 Å². The predicted octanol–water partition coefficient (Wildman–Crippen LogP) is 2.31. The highest BCUT2D eigenvalue weighted by Crippen LogP contribution is 2.51. The Kier molecular flexibility index (Phi) is 1.82. The van der Waals surface area contributed by atoms with Gasteiger partial charge in [0.15, 0.2) is 11.4 Å². The van der Waals surface area contributed by atoms with Crippen LogP contribution < -0.4 is 0 Å². The van der Waals surface area contributed by atoms with Crippen LogP contribution in [0.5, 0.6) is 0 Å². The van der Waals surface area contributed by atoms with Gasteiger partial charge < -0.3 is 4.74 Å². The molecule has 0 aromatic carbocycles. The first kappa shape index (κ1) is 9.20. The molecular formula is C11H18O2. The summed E-state index contributed by atoms with van der Waals surface area (Å²) in [6, 6.07) is 0. The summed E-state index contributed by atoms with van der Waals surface area (Å²) >= 11 is 0. The highest BCUT2D eigenvalue weighted by atomic mass is 16.6. The van der Waals surface area contributed by atoms with E-state index in [1.807, 2.05) is 20.8 Å². The van der Waals surface area contributed by atoms with Crippen LogP contribution in [0, 0.1) is 5.41 Å². The maximum absolute atomic E-state index is 12.1. The zero-order valence-corrected chi connectivity index (χ0v) is 8.72. The van der Waals surface area contributed by atoms with Crippen molar-refractivity contribution in [1.29, 1.82) is 0 Å². The second-order valence-electron chi connectivity index (χ2n) is 5.32. The van der Waals surface area contributed by atoms with Crippen molar-refractivity contribution < 1.29 is 9.53 Å². The van der Waals surface area contributed by atoms with Crippen molar-refractivity contribution in [3.05, 3.63) is 0 Å². The zero-order chi connectivity index (χ0) is 9.69. The minimum absolute atomic E-state index is 0.244. The lowest BCUT2D eigenvalue weighted by molar-refractivity contribution is -0.132. The van der Waals surface area contributed by atoms with Crippen LogP contribution in [-0.2, 0) is 9.53 Å². The van der Waals surface area contributed by atoms with Crippen LogP contribution in [-0.4, -0.2) is 17.5 Å². The second kappa shape index (κ2) is 2.57. The van der Waals surface area contributed by atoms with Crippen molar-refractivity contribution in [1.82, 2.24) is 0 Å². The Balaban J connectivity index is 2.13. The smallest absolute Gasteiger partial charge is 0.172 e. The van der Waals surface area contributed by atoms with Crippen LogP contribution >= 0.6 is 0 Å². The Labute approximate surface area is 79.7 Å². The Bertz CT molecular complexity index is 239. The number of carbonyl (C=O) groups excluding carboxylic acids is 1. The summed E-state index contributed by atoms with van der Waals surface area (Å²) in [6.07, 6.45) is 4.67. The summed E-state index contributed by atoms with van der Waals surface area (Å²) in [5.74, 6) is 0.310. The maximum Gasteiger partial charge on any atom is 0.172 e. The number of hydrogen-bond acceptors (Lipinski definition) is 2. The van der Waals surface area contributed by atoms with Crippen molar-refractivity contribution in [2.45, 2.75) is 58.2 Å². The summed E-state index contributed by atoms with van der Waals surface area (Å²) in [5.41, 5.74) is -0.595. The zero-order valence-electron chi connectivity index (χ0n) is 8.72. The number of epoxide rings is 1. The van der Waals surface area contributed by atoms with Gasteiger partial charge in [0.25, 0.3) is 0 Å². The van der Waals surface area contributed by atoms with Crippen molar-refractivity contribution in [2.75, 3.05) is 0 Å². The number of ketones is 1. The van der Waals surface area contributed by atoms with E-state index >= 15 is 0 Å². The number of Topliss-reactive ketones (excluding diaryl/α,β-unsaturated/α-hetero) is 1. The monoisotopic (exact) mass is 182 g/mol. The third kappa shape index (κ3) is 1.32. The van der Waals surface area contributed by atoms with E-state index in [2.05, 4.69) is 0 Å². The Morgan fingerprint density at radius 2 is 2.08 bits per heavy atom. The largest absolute Gasteiger partial charge is 0.358 e. The lowest BCUT2D eigenvalue weighted by atomic mass is 9.76. The first-order chi connectivity index (χ1) is 5.97. The average Bonchev–Trinajstić information content (AvgIpc) is 2.76.